The van der Waals surface area contributed by atoms with E-state index in [1.54, 1.807) is 6.07 Å². The number of benzene rings is 1. The predicted octanol–water partition coefficient (Wildman–Crippen LogP) is 1.63. The molecule has 0 unspecified atom stereocenters. The highest BCUT2D eigenvalue weighted by molar-refractivity contribution is 5.93. The lowest BCUT2D eigenvalue weighted by molar-refractivity contribution is 0.0594. The summed E-state index contributed by atoms with van der Waals surface area (Å²) in [5.74, 6) is -0.0931. The fourth-order valence-electron chi connectivity index (χ4n) is 1.86. The maximum absolute atomic E-state index is 12.0. The standard InChI is InChI=1S/C13H13NO4/c1-7-4-5-10(17-2)11-9(15)6-8(13(16)18-3)14-12(7)11/h4-6H,1-3H3,(H,14,15). The molecule has 94 valence electrons. The Morgan fingerprint density at radius 3 is 2.61 bits per heavy atom. The molecule has 0 amide bonds. The smallest absolute Gasteiger partial charge is 0.354 e. The van der Waals surface area contributed by atoms with Crippen molar-refractivity contribution < 1.29 is 14.3 Å². The van der Waals surface area contributed by atoms with Crippen LogP contribution in [0.5, 0.6) is 5.75 Å². The van der Waals surface area contributed by atoms with E-state index in [0.717, 1.165) is 5.56 Å². The van der Waals surface area contributed by atoms with Crippen LogP contribution in [0.1, 0.15) is 16.1 Å². The molecule has 0 aliphatic heterocycles. The second-order valence-corrected chi connectivity index (χ2v) is 3.87. The van der Waals surface area contributed by atoms with Crippen LogP contribution >= 0.6 is 0 Å². The van der Waals surface area contributed by atoms with Crippen molar-refractivity contribution in [1.29, 1.82) is 0 Å². The average Bonchev–Trinajstić information content (AvgIpc) is 2.38. The monoisotopic (exact) mass is 247 g/mol. The lowest BCUT2D eigenvalue weighted by Crippen LogP contribution is -2.12. The number of aromatic nitrogens is 1. The van der Waals surface area contributed by atoms with Crippen LogP contribution in [0.3, 0.4) is 0 Å². The molecule has 0 saturated carbocycles. The first kappa shape index (κ1) is 12.2. The molecule has 5 heteroatoms. The normalized spacial score (nSPS) is 10.4. The molecule has 2 rings (SSSR count). The number of aromatic amines is 1. The van der Waals surface area contributed by atoms with Crippen LogP contribution in [0.25, 0.3) is 10.9 Å². The van der Waals surface area contributed by atoms with Crippen molar-refractivity contribution in [3.8, 4) is 5.75 Å². The van der Waals surface area contributed by atoms with E-state index in [9.17, 15) is 9.59 Å². The molecular weight excluding hydrogens is 234 g/mol. The molecule has 1 aromatic carbocycles. The van der Waals surface area contributed by atoms with E-state index in [4.69, 9.17) is 4.74 Å². The molecule has 0 bridgehead atoms. The first-order valence-electron chi connectivity index (χ1n) is 5.37. The molecule has 0 aliphatic carbocycles. The van der Waals surface area contributed by atoms with Gasteiger partial charge in [-0.05, 0) is 18.6 Å². The third-order valence-electron chi connectivity index (χ3n) is 2.78. The highest BCUT2D eigenvalue weighted by Gasteiger charge is 2.13. The first-order chi connectivity index (χ1) is 8.58. The van der Waals surface area contributed by atoms with E-state index in [1.165, 1.54) is 20.3 Å². The van der Waals surface area contributed by atoms with Crippen LogP contribution in [-0.2, 0) is 4.74 Å². The number of rotatable bonds is 2. The number of pyridine rings is 1. The number of ether oxygens (including phenoxy) is 2. The van der Waals surface area contributed by atoms with Gasteiger partial charge in [-0.15, -0.1) is 0 Å². The summed E-state index contributed by atoms with van der Waals surface area (Å²) in [7, 11) is 2.76. The van der Waals surface area contributed by atoms with Gasteiger partial charge in [0.05, 0.1) is 25.1 Å². The van der Waals surface area contributed by atoms with Gasteiger partial charge in [-0.2, -0.15) is 0 Å². The Bertz CT molecular complexity index is 672. The number of hydrogen-bond acceptors (Lipinski definition) is 4. The van der Waals surface area contributed by atoms with Gasteiger partial charge in [-0.1, -0.05) is 6.07 Å². The van der Waals surface area contributed by atoms with Crippen molar-refractivity contribution in [3.05, 3.63) is 39.7 Å². The summed E-state index contributed by atoms with van der Waals surface area (Å²) < 4.78 is 9.75. The molecule has 0 fully saturated rings. The van der Waals surface area contributed by atoms with Gasteiger partial charge in [-0.3, -0.25) is 4.79 Å². The van der Waals surface area contributed by atoms with E-state index >= 15 is 0 Å². The molecule has 0 spiro atoms. The summed E-state index contributed by atoms with van der Waals surface area (Å²) in [5.41, 5.74) is 1.30. The lowest BCUT2D eigenvalue weighted by Gasteiger charge is -2.08. The molecule has 2 aromatic rings. The summed E-state index contributed by atoms with van der Waals surface area (Å²) >= 11 is 0. The van der Waals surface area contributed by atoms with Crippen molar-refractivity contribution >= 4 is 16.9 Å². The predicted molar refractivity (Wildman–Crippen MR) is 67.2 cm³/mol. The Balaban J connectivity index is 2.85. The second kappa shape index (κ2) is 4.52. The molecule has 5 nitrogen and oxygen atoms in total. The Kier molecular flexibility index (Phi) is 3.06. The van der Waals surface area contributed by atoms with Crippen molar-refractivity contribution in [2.45, 2.75) is 6.92 Å². The van der Waals surface area contributed by atoms with Gasteiger partial charge >= 0.3 is 5.97 Å². The number of aryl methyl sites for hydroxylation is 1. The zero-order chi connectivity index (χ0) is 13.3. The van der Waals surface area contributed by atoms with Crippen LogP contribution in [0.4, 0.5) is 0 Å². The molecule has 1 heterocycles. The van der Waals surface area contributed by atoms with Gasteiger partial charge in [0.15, 0.2) is 5.43 Å². The van der Waals surface area contributed by atoms with Gasteiger partial charge in [0.1, 0.15) is 11.4 Å². The number of hydrogen-bond donors (Lipinski definition) is 1. The summed E-state index contributed by atoms with van der Waals surface area (Å²) in [5, 5.41) is 0.435. The fraction of sp³-hybridized carbons (Fsp3) is 0.231. The summed E-state index contributed by atoms with van der Waals surface area (Å²) in [4.78, 5) is 26.4. The largest absolute Gasteiger partial charge is 0.496 e. The minimum atomic E-state index is -0.573. The van der Waals surface area contributed by atoms with Gasteiger partial charge in [-0.25, -0.2) is 4.79 Å². The SMILES string of the molecule is COC(=O)c1cc(=O)c2c(OC)ccc(C)c2[nH]1. The molecule has 18 heavy (non-hydrogen) atoms. The molecule has 0 aliphatic rings. The third kappa shape index (κ3) is 1.84. The number of H-pyrrole nitrogens is 1. The zero-order valence-electron chi connectivity index (χ0n) is 10.4. The highest BCUT2D eigenvalue weighted by atomic mass is 16.5. The Hall–Kier alpha value is -2.30. The van der Waals surface area contributed by atoms with Crippen molar-refractivity contribution in [2.75, 3.05) is 14.2 Å². The molecule has 0 atom stereocenters. The van der Waals surface area contributed by atoms with Crippen LogP contribution < -0.4 is 10.2 Å². The third-order valence-corrected chi connectivity index (χ3v) is 2.78. The van der Waals surface area contributed by atoms with Gasteiger partial charge < -0.3 is 14.5 Å². The molecule has 0 saturated heterocycles. The molecular formula is C13H13NO4. The van der Waals surface area contributed by atoms with Crippen LogP contribution in [-0.4, -0.2) is 25.2 Å². The van der Waals surface area contributed by atoms with E-state index in [-0.39, 0.29) is 11.1 Å². The summed E-state index contributed by atoms with van der Waals surface area (Å²) in [6.07, 6.45) is 0. The average molecular weight is 247 g/mol. The minimum Gasteiger partial charge on any atom is -0.496 e. The first-order valence-corrected chi connectivity index (χ1v) is 5.37. The Labute approximate surface area is 103 Å². The summed E-state index contributed by atoms with van der Waals surface area (Å²) in [6.45, 7) is 1.85. The number of methoxy groups -OCH3 is 2. The minimum absolute atomic E-state index is 0.131. The Morgan fingerprint density at radius 2 is 2.00 bits per heavy atom. The fourth-order valence-corrected chi connectivity index (χ4v) is 1.86. The van der Waals surface area contributed by atoms with Gasteiger partial charge in [0, 0.05) is 6.07 Å². The number of nitrogens with one attached hydrogen (secondary N) is 1. The molecule has 1 N–H and O–H groups in total. The van der Waals surface area contributed by atoms with Gasteiger partial charge in [0.2, 0.25) is 0 Å². The van der Waals surface area contributed by atoms with E-state index in [0.29, 0.717) is 16.7 Å². The van der Waals surface area contributed by atoms with E-state index in [1.807, 2.05) is 13.0 Å². The zero-order valence-corrected chi connectivity index (χ0v) is 10.4. The maximum Gasteiger partial charge on any atom is 0.354 e. The number of carbonyl (C=O) groups excluding carboxylic acids is 1. The second-order valence-electron chi connectivity index (χ2n) is 3.87. The highest BCUT2D eigenvalue weighted by Crippen LogP contribution is 2.24. The number of esters is 1. The van der Waals surface area contributed by atoms with E-state index < -0.39 is 5.97 Å². The van der Waals surface area contributed by atoms with Crippen LogP contribution in [0, 0.1) is 6.92 Å². The number of carbonyl (C=O) groups is 1. The van der Waals surface area contributed by atoms with Crippen LogP contribution in [0.2, 0.25) is 0 Å². The number of fused-ring (bicyclic) bond motifs is 1. The van der Waals surface area contributed by atoms with Crippen LogP contribution in [0.15, 0.2) is 23.0 Å². The topological polar surface area (TPSA) is 68.4 Å². The van der Waals surface area contributed by atoms with Crippen molar-refractivity contribution in [2.24, 2.45) is 0 Å². The van der Waals surface area contributed by atoms with Crippen molar-refractivity contribution in [1.82, 2.24) is 4.98 Å². The molecule has 1 aromatic heterocycles. The molecule has 0 radical (unpaired) electrons. The maximum atomic E-state index is 12.0. The quantitative estimate of drug-likeness (QED) is 0.819. The van der Waals surface area contributed by atoms with Crippen molar-refractivity contribution in [3.63, 3.8) is 0 Å². The van der Waals surface area contributed by atoms with Gasteiger partial charge in [0.25, 0.3) is 0 Å². The van der Waals surface area contributed by atoms with E-state index in [2.05, 4.69) is 9.72 Å². The lowest BCUT2D eigenvalue weighted by atomic mass is 10.1. The summed E-state index contributed by atoms with van der Waals surface area (Å²) in [6, 6.07) is 4.76. The Morgan fingerprint density at radius 1 is 1.28 bits per heavy atom.